The van der Waals surface area contributed by atoms with Crippen LogP contribution in [0.4, 0.5) is 4.79 Å². The Morgan fingerprint density at radius 3 is 2.97 bits per heavy atom. The molecule has 1 aromatic carbocycles. The molecule has 0 fully saturated rings. The van der Waals surface area contributed by atoms with Crippen molar-refractivity contribution >= 4 is 11.9 Å². The largest absolute Gasteiger partial charge is 0.491 e. The van der Waals surface area contributed by atoms with Gasteiger partial charge in [0, 0.05) is 44.0 Å². The van der Waals surface area contributed by atoms with E-state index in [1.165, 1.54) is 0 Å². The van der Waals surface area contributed by atoms with Gasteiger partial charge in [-0.25, -0.2) is 4.79 Å². The van der Waals surface area contributed by atoms with Crippen LogP contribution < -0.4 is 15.4 Å². The molecule has 1 aliphatic heterocycles. The van der Waals surface area contributed by atoms with Crippen LogP contribution in [0.25, 0.3) is 0 Å². The van der Waals surface area contributed by atoms with Crippen LogP contribution in [0.1, 0.15) is 30.9 Å². The average Bonchev–Trinajstić information content (AvgIpc) is 3.14. The number of urea groups is 1. The number of hydrogen-bond donors (Lipinski definition) is 2. The summed E-state index contributed by atoms with van der Waals surface area (Å²) in [7, 11) is 0. The van der Waals surface area contributed by atoms with Crippen molar-refractivity contribution < 1.29 is 14.3 Å². The molecule has 3 amide bonds. The number of amides is 3. The number of aryl methyl sites for hydroxylation is 2. The molecule has 1 aliphatic rings. The molecule has 0 radical (unpaired) electrons. The molecule has 8 heteroatoms. The summed E-state index contributed by atoms with van der Waals surface area (Å²) in [6.07, 6.45) is 5.59. The fourth-order valence-corrected chi connectivity index (χ4v) is 3.29. The fraction of sp³-hybridized carbons (Fsp3) is 0.476. The smallest absolute Gasteiger partial charge is 0.317 e. The first-order chi connectivity index (χ1) is 14.2. The van der Waals surface area contributed by atoms with Gasteiger partial charge in [0.05, 0.1) is 13.1 Å². The predicted octanol–water partition coefficient (Wildman–Crippen LogP) is 1.95. The van der Waals surface area contributed by atoms with Crippen molar-refractivity contribution in [2.45, 2.75) is 39.3 Å². The fourth-order valence-electron chi connectivity index (χ4n) is 3.29. The Bertz CT molecular complexity index is 807. The van der Waals surface area contributed by atoms with Crippen LogP contribution in [0.15, 0.2) is 36.7 Å². The van der Waals surface area contributed by atoms with Crippen molar-refractivity contribution in [2.75, 3.05) is 26.2 Å². The summed E-state index contributed by atoms with van der Waals surface area (Å²) in [4.78, 5) is 26.0. The van der Waals surface area contributed by atoms with Gasteiger partial charge in [-0.05, 0) is 37.5 Å². The van der Waals surface area contributed by atoms with E-state index < -0.39 is 0 Å². The van der Waals surface area contributed by atoms with Gasteiger partial charge in [-0.15, -0.1) is 0 Å². The molecule has 1 aromatic heterocycles. The summed E-state index contributed by atoms with van der Waals surface area (Å²) in [6.45, 7) is 5.47. The van der Waals surface area contributed by atoms with Gasteiger partial charge in [-0.2, -0.15) is 5.10 Å². The Morgan fingerprint density at radius 2 is 2.17 bits per heavy atom. The van der Waals surface area contributed by atoms with Crippen molar-refractivity contribution in [3.05, 3.63) is 47.8 Å². The first kappa shape index (κ1) is 20.7. The van der Waals surface area contributed by atoms with Gasteiger partial charge in [-0.3, -0.25) is 9.48 Å². The Hall–Kier alpha value is -3.03. The number of hydrogen-bond acceptors (Lipinski definition) is 4. The molecule has 0 bridgehead atoms. The monoisotopic (exact) mass is 399 g/mol. The van der Waals surface area contributed by atoms with E-state index >= 15 is 0 Å². The standard InChI is InChI=1S/C21H29N5O3/c1-2-22-21(28)25-13-14-29-19-7-5-17(15-18(19)16-25)6-8-20(27)23-9-3-11-26-12-4-10-24-26/h4-5,7,10,12,15H,2-3,6,8-9,11,13-14,16H2,1H3,(H,22,28)(H,23,27). The Labute approximate surface area is 171 Å². The van der Waals surface area contributed by atoms with Crippen molar-refractivity contribution in [1.29, 1.82) is 0 Å². The van der Waals surface area contributed by atoms with Crippen molar-refractivity contribution in [1.82, 2.24) is 25.3 Å². The molecule has 0 spiro atoms. The Balaban J connectivity index is 1.46. The number of nitrogens with zero attached hydrogens (tertiary/aromatic N) is 3. The van der Waals surface area contributed by atoms with Crippen molar-refractivity contribution in [3.63, 3.8) is 0 Å². The molecule has 0 aliphatic carbocycles. The van der Waals surface area contributed by atoms with Crippen LogP contribution in [-0.2, 0) is 24.3 Å². The lowest BCUT2D eigenvalue weighted by atomic mass is 10.0. The highest BCUT2D eigenvalue weighted by Gasteiger charge is 2.19. The number of carbonyl (C=O) groups excluding carboxylic acids is 2. The third-order valence-corrected chi connectivity index (χ3v) is 4.81. The van der Waals surface area contributed by atoms with Crippen molar-refractivity contribution in [3.8, 4) is 5.75 Å². The molecule has 0 atom stereocenters. The minimum atomic E-state index is -0.0798. The van der Waals surface area contributed by atoms with Crippen LogP contribution in [0.5, 0.6) is 5.75 Å². The number of nitrogens with one attached hydrogen (secondary N) is 2. The molecule has 3 rings (SSSR count). The summed E-state index contributed by atoms with van der Waals surface area (Å²) in [6, 6.07) is 7.78. The lowest BCUT2D eigenvalue weighted by Crippen LogP contribution is -2.40. The SMILES string of the molecule is CCNC(=O)N1CCOc2ccc(CCC(=O)NCCCn3cccn3)cc2C1. The van der Waals surface area contributed by atoms with E-state index in [2.05, 4.69) is 15.7 Å². The molecule has 8 nitrogen and oxygen atoms in total. The van der Waals surface area contributed by atoms with E-state index in [4.69, 9.17) is 4.74 Å². The molecule has 0 saturated heterocycles. The molecule has 2 aromatic rings. The van der Waals surface area contributed by atoms with Gasteiger partial charge in [0.15, 0.2) is 0 Å². The number of aromatic nitrogens is 2. The lowest BCUT2D eigenvalue weighted by Gasteiger charge is -2.20. The van der Waals surface area contributed by atoms with Gasteiger partial charge in [0.2, 0.25) is 5.91 Å². The Kier molecular flexibility index (Phi) is 7.49. The van der Waals surface area contributed by atoms with E-state index in [0.29, 0.717) is 45.6 Å². The first-order valence-electron chi connectivity index (χ1n) is 10.2. The van der Waals surface area contributed by atoms with E-state index in [-0.39, 0.29) is 11.9 Å². The molecule has 29 heavy (non-hydrogen) atoms. The Morgan fingerprint density at radius 1 is 1.28 bits per heavy atom. The van der Waals surface area contributed by atoms with Gasteiger partial charge in [-0.1, -0.05) is 12.1 Å². The normalized spacial score (nSPS) is 13.2. The van der Waals surface area contributed by atoms with E-state index in [1.54, 1.807) is 11.1 Å². The number of fused-ring (bicyclic) bond motifs is 1. The highest BCUT2D eigenvalue weighted by molar-refractivity contribution is 5.76. The lowest BCUT2D eigenvalue weighted by molar-refractivity contribution is -0.121. The summed E-state index contributed by atoms with van der Waals surface area (Å²) >= 11 is 0. The maximum absolute atomic E-state index is 12.2. The van der Waals surface area contributed by atoms with Crippen LogP contribution in [-0.4, -0.2) is 52.9 Å². The molecular weight excluding hydrogens is 370 g/mol. The zero-order valence-corrected chi connectivity index (χ0v) is 16.9. The summed E-state index contributed by atoms with van der Waals surface area (Å²) in [5.41, 5.74) is 2.04. The quantitative estimate of drug-likeness (QED) is 0.664. The average molecular weight is 399 g/mol. The minimum absolute atomic E-state index is 0.0422. The second-order valence-corrected chi connectivity index (χ2v) is 7.02. The molecular formula is C21H29N5O3. The molecule has 2 N–H and O–H groups in total. The third-order valence-electron chi connectivity index (χ3n) is 4.81. The van der Waals surface area contributed by atoms with E-state index in [1.807, 2.05) is 42.1 Å². The number of rotatable bonds is 8. The number of benzene rings is 1. The maximum atomic E-state index is 12.2. The maximum Gasteiger partial charge on any atom is 0.317 e. The number of ether oxygens (including phenoxy) is 1. The predicted molar refractivity (Wildman–Crippen MR) is 110 cm³/mol. The molecule has 0 saturated carbocycles. The molecule has 2 heterocycles. The third kappa shape index (κ3) is 6.23. The van der Waals surface area contributed by atoms with Crippen LogP contribution in [0, 0.1) is 0 Å². The zero-order chi connectivity index (χ0) is 20.5. The molecule has 0 unspecified atom stereocenters. The minimum Gasteiger partial charge on any atom is -0.491 e. The first-order valence-corrected chi connectivity index (χ1v) is 10.2. The van der Waals surface area contributed by atoms with Crippen LogP contribution >= 0.6 is 0 Å². The second kappa shape index (κ2) is 10.5. The topological polar surface area (TPSA) is 88.5 Å². The highest BCUT2D eigenvalue weighted by atomic mass is 16.5. The summed E-state index contributed by atoms with van der Waals surface area (Å²) in [5.74, 6) is 0.851. The van der Waals surface area contributed by atoms with Crippen LogP contribution in [0.3, 0.4) is 0 Å². The summed E-state index contributed by atoms with van der Waals surface area (Å²) < 4.78 is 7.63. The van der Waals surface area contributed by atoms with Crippen molar-refractivity contribution in [2.24, 2.45) is 0 Å². The summed E-state index contributed by atoms with van der Waals surface area (Å²) in [5, 5.41) is 9.94. The highest BCUT2D eigenvalue weighted by Crippen LogP contribution is 2.25. The van der Waals surface area contributed by atoms with Crippen LogP contribution in [0.2, 0.25) is 0 Å². The van der Waals surface area contributed by atoms with Gasteiger partial charge in [0.25, 0.3) is 0 Å². The van der Waals surface area contributed by atoms with Gasteiger partial charge >= 0.3 is 6.03 Å². The second-order valence-electron chi connectivity index (χ2n) is 7.02. The van der Waals surface area contributed by atoms with E-state index in [0.717, 1.165) is 29.8 Å². The number of carbonyl (C=O) groups is 2. The van der Waals surface area contributed by atoms with Gasteiger partial charge in [0.1, 0.15) is 12.4 Å². The van der Waals surface area contributed by atoms with Gasteiger partial charge < -0.3 is 20.3 Å². The zero-order valence-electron chi connectivity index (χ0n) is 16.9. The van der Waals surface area contributed by atoms with E-state index in [9.17, 15) is 9.59 Å². The molecule has 156 valence electrons.